The minimum atomic E-state index is -0.481. The molecule has 1 aliphatic heterocycles. The average molecular weight is 587 g/mol. The second kappa shape index (κ2) is 13.1. The van der Waals surface area contributed by atoms with E-state index in [9.17, 15) is 9.59 Å². The third-order valence-corrected chi connectivity index (χ3v) is 7.84. The van der Waals surface area contributed by atoms with E-state index in [-0.39, 0.29) is 36.9 Å². The lowest BCUT2D eigenvalue weighted by Gasteiger charge is -2.39. The first-order chi connectivity index (χ1) is 20.6. The largest absolute Gasteiger partial charge is 0.447 e. The molecule has 1 N–H and O–H groups in total. The Morgan fingerprint density at radius 3 is 2.51 bits per heavy atom. The maximum absolute atomic E-state index is 13.2. The van der Waals surface area contributed by atoms with E-state index in [1.807, 2.05) is 51.6 Å². The molecule has 1 saturated heterocycles. The van der Waals surface area contributed by atoms with E-state index >= 15 is 0 Å². The van der Waals surface area contributed by atoms with Crippen molar-refractivity contribution in [1.82, 2.24) is 29.7 Å². The molecule has 0 saturated carbocycles. The molecule has 0 unspecified atom stereocenters. The van der Waals surface area contributed by atoms with E-state index in [0.29, 0.717) is 26.2 Å². The highest BCUT2D eigenvalue weighted by atomic mass is 16.6. The molecule has 2 aliphatic rings. The van der Waals surface area contributed by atoms with Crippen LogP contribution < -0.4 is 5.32 Å². The minimum absolute atomic E-state index is 0.0374. The fourth-order valence-corrected chi connectivity index (χ4v) is 5.78. The molecule has 10 heteroatoms. The first-order valence-corrected chi connectivity index (χ1v) is 15.0. The highest BCUT2D eigenvalue weighted by molar-refractivity contribution is 5.91. The van der Waals surface area contributed by atoms with Crippen LogP contribution >= 0.6 is 0 Å². The topological polar surface area (TPSA) is 102 Å². The predicted octanol–water partition coefficient (Wildman–Crippen LogP) is 4.51. The van der Waals surface area contributed by atoms with E-state index in [1.165, 1.54) is 0 Å². The number of nitrogens with zero attached hydrogens (tertiary/aromatic N) is 5. The Balaban J connectivity index is 1.57. The fraction of sp³-hybridized carbons (Fsp3) is 0.455. The van der Waals surface area contributed by atoms with Gasteiger partial charge in [-0.25, -0.2) is 9.78 Å². The summed E-state index contributed by atoms with van der Waals surface area (Å²) in [6.07, 6.45) is 7.03. The van der Waals surface area contributed by atoms with E-state index in [2.05, 4.69) is 52.5 Å². The lowest BCUT2D eigenvalue weighted by Crippen LogP contribution is -2.50. The van der Waals surface area contributed by atoms with Gasteiger partial charge in [-0.1, -0.05) is 29.8 Å². The molecule has 0 bridgehead atoms. The van der Waals surface area contributed by atoms with Crippen LogP contribution in [0.4, 0.5) is 4.79 Å². The molecule has 1 fully saturated rings. The SMILES string of the molecule is Cc1ccc2c(c1)C([C@@H](NC(=O)COC(C)C)c1cncn1C)=Cc1cccnc1[C@H]2N1CCN(C(=O)OC(C)C)CC1. The number of aromatic nitrogens is 3. The Kier molecular flexibility index (Phi) is 9.27. The number of benzene rings is 1. The van der Waals surface area contributed by atoms with Crippen molar-refractivity contribution < 1.29 is 19.1 Å². The molecule has 1 aliphatic carbocycles. The van der Waals surface area contributed by atoms with Gasteiger partial charge in [0.15, 0.2) is 0 Å². The van der Waals surface area contributed by atoms with Crippen molar-refractivity contribution in [2.45, 2.75) is 58.9 Å². The number of ether oxygens (including phenoxy) is 2. The van der Waals surface area contributed by atoms with Crippen LogP contribution in [0.15, 0.2) is 49.1 Å². The Morgan fingerprint density at radius 2 is 1.84 bits per heavy atom. The number of piperazine rings is 1. The summed E-state index contributed by atoms with van der Waals surface area (Å²) in [6, 6.07) is 9.89. The van der Waals surface area contributed by atoms with Crippen molar-refractivity contribution in [1.29, 1.82) is 0 Å². The number of pyridine rings is 1. The van der Waals surface area contributed by atoms with Gasteiger partial charge >= 0.3 is 6.09 Å². The van der Waals surface area contributed by atoms with E-state index < -0.39 is 6.04 Å². The summed E-state index contributed by atoms with van der Waals surface area (Å²) < 4.78 is 13.0. The number of hydrogen-bond donors (Lipinski definition) is 1. The van der Waals surface area contributed by atoms with Gasteiger partial charge in [-0.2, -0.15) is 0 Å². The van der Waals surface area contributed by atoms with Gasteiger partial charge in [-0.05, 0) is 69.0 Å². The Morgan fingerprint density at radius 1 is 1.07 bits per heavy atom. The molecule has 43 heavy (non-hydrogen) atoms. The first-order valence-electron chi connectivity index (χ1n) is 15.0. The van der Waals surface area contributed by atoms with Gasteiger partial charge in [-0.3, -0.25) is 14.7 Å². The van der Waals surface area contributed by atoms with Gasteiger partial charge in [-0.15, -0.1) is 0 Å². The standard InChI is InChI=1S/C33H42N6O4/c1-21(2)42-19-29(40)36-31(28-18-34-20-37(28)6)27-17-24-8-7-11-35-30(24)32(25-10-9-23(5)16-26(25)27)38-12-14-39(15-13-38)33(41)43-22(3)4/h7-11,16-18,20-22,31-32H,12-15,19H2,1-6H3,(H,36,40)/t31-,32+/m1/s1. The van der Waals surface area contributed by atoms with Crippen LogP contribution in [0.1, 0.15) is 73.4 Å². The molecular weight excluding hydrogens is 544 g/mol. The average Bonchev–Trinajstić information content (AvgIpc) is 3.34. The summed E-state index contributed by atoms with van der Waals surface area (Å²) in [5.41, 5.74) is 7.00. The number of nitrogens with one attached hydrogen (secondary N) is 1. The van der Waals surface area contributed by atoms with Crippen molar-refractivity contribution >= 4 is 23.6 Å². The number of imidazole rings is 1. The molecule has 5 rings (SSSR count). The van der Waals surface area contributed by atoms with Crippen LogP contribution in [0.3, 0.4) is 0 Å². The molecule has 1 aromatic carbocycles. The van der Waals surface area contributed by atoms with E-state index in [0.717, 1.165) is 39.2 Å². The van der Waals surface area contributed by atoms with Gasteiger partial charge < -0.3 is 24.3 Å². The highest BCUT2D eigenvalue weighted by Gasteiger charge is 2.36. The molecule has 0 spiro atoms. The van der Waals surface area contributed by atoms with Gasteiger partial charge in [0.1, 0.15) is 6.61 Å². The molecule has 0 radical (unpaired) electrons. The second-order valence-electron chi connectivity index (χ2n) is 11.8. The summed E-state index contributed by atoms with van der Waals surface area (Å²) in [6.45, 7) is 12.1. The number of aryl methyl sites for hydroxylation is 2. The number of amides is 2. The summed E-state index contributed by atoms with van der Waals surface area (Å²) in [4.78, 5) is 39.3. The lowest BCUT2D eigenvalue weighted by molar-refractivity contribution is -0.127. The highest BCUT2D eigenvalue weighted by Crippen LogP contribution is 2.43. The van der Waals surface area contributed by atoms with Crippen LogP contribution in [0, 0.1) is 6.92 Å². The normalized spacial score (nSPS) is 17.6. The molecule has 228 valence electrons. The van der Waals surface area contributed by atoms with Crippen molar-refractivity contribution in [2.75, 3.05) is 32.8 Å². The van der Waals surface area contributed by atoms with E-state index in [4.69, 9.17) is 14.5 Å². The van der Waals surface area contributed by atoms with Crippen molar-refractivity contribution in [2.24, 2.45) is 7.05 Å². The van der Waals surface area contributed by atoms with Crippen molar-refractivity contribution in [3.8, 4) is 0 Å². The third-order valence-electron chi connectivity index (χ3n) is 7.84. The summed E-state index contributed by atoms with van der Waals surface area (Å²) in [5.74, 6) is -0.202. The quantitative estimate of drug-likeness (QED) is 0.414. The zero-order chi connectivity index (χ0) is 30.7. The van der Waals surface area contributed by atoms with Crippen molar-refractivity contribution in [3.63, 3.8) is 0 Å². The summed E-state index contributed by atoms with van der Waals surface area (Å²) in [7, 11) is 1.93. The summed E-state index contributed by atoms with van der Waals surface area (Å²) in [5, 5.41) is 3.25. The smallest absolute Gasteiger partial charge is 0.410 e. The molecule has 2 aromatic heterocycles. The van der Waals surface area contributed by atoms with E-state index in [1.54, 1.807) is 17.4 Å². The molecule has 2 atom stereocenters. The molecular formula is C33H42N6O4. The van der Waals surface area contributed by atoms with Crippen LogP contribution in [0.5, 0.6) is 0 Å². The molecule has 3 heterocycles. The first kappa shape index (κ1) is 30.4. The minimum Gasteiger partial charge on any atom is -0.447 e. The van der Waals surface area contributed by atoms with Gasteiger partial charge in [0, 0.05) is 39.4 Å². The number of hydrogen-bond acceptors (Lipinski definition) is 7. The van der Waals surface area contributed by atoms with Gasteiger partial charge in [0.05, 0.1) is 48.2 Å². The number of carbonyl (C=O) groups is 2. The monoisotopic (exact) mass is 586 g/mol. The van der Waals surface area contributed by atoms with Gasteiger partial charge in [0.2, 0.25) is 5.91 Å². The zero-order valence-electron chi connectivity index (χ0n) is 25.9. The van der Waals surface area contributed by atoms with Crippen molar-refractivity contribution in [3.05, 3.63) is 82.7 Å². The number of fused-ring (bicyclic) bond motifs is 2. The fourth-order valence-electron chi connectivity index (χ4n) is 5.78. The molecule has 2 amide bonds. The second-order valence-corrected chi connectivity index (χ2v) is 11.8. The lowest BCUT2D eigenvalue weighted by atomic mass is 9.88. The van der Waals surface area contributed by atoms with Crippen LogP contribution in [0.25, 0.3) is 11.6 Å². The van der Waals surface area contributed by atoms with Crippen LogP contribution in [0.2, 0.25) is 0 Å². The molecule has 10 nitrogen and oxygen atoms in total. The maximum Gasteiger partial charge on any atom is 0.410 e. The van der Waals surface area contributed by atoms with Crippen LogP contribution in [-0.4, -0.2) is 81.3 Å². The predicted molar refractivity (Wildman–Crippen MR) is 165 cm³/mol. The number of carbonyl (C=O) groups excluding carboxylic acids is 2. The summed E-state index contributed by atoms with van der Waals surface area (Å²) >= 11 is 0. The van der Waals surface area contributed by atoms with Crippen LogP contribution in [-0.2, 0) is 21.3 Å². The Labute approximate surface area is 253 Å². The third kappa shape index (κ3) is 6.81. The Bertz CT molecular complexity index is 1490. The zero-order valence-corrected chi connectivity index (χ0v) is 25.9. The Hall–Kier alpha value is -4.02. The molecule has 3 aromatic rings. The maximum atomic E-state index is 13.2. The van der Waals surface area contributed by atoms with Gasteiger partial charge in [0.25, 0.3) is 0 Å². The number of rotatable bonds is 8.